The van der Waals surface area contributed by atoms with Gasteiger partial charge in [0.2, 0.25) is 0 Å². The van der Waals surface area contributed by atoms with Crippen LogP contribution in [0.2, 0.25) is 0 Å². The Balaban J connectivity index is 2.36. The molecule has 1 atom stereocenters. The lowest BCUT2D eigenvalue weighted by atomic mass is 10.0. The maximum atomic E-state index is 11.6. The zero-order valence-electron chi connectivity index (χ0n) is 12.5. The van der Waals surface area contributed by atoms with Gasteiger partial charge in [-0.3, -0.25) is 0 Å². The van der Waals surface area contributed by atoms with Gasteiger partial charge in [-0.2, -0.15) is 0 Å². The lowest BCUT2D eigenvalue weighted by Crippen LogP contribution is -2.41. The van der Waals surface area contributed by atoms with E-state index in [-0.39, 0.29) is 6.61 Å². The first-order valence-electron chi connectivity index (χ1n) is 7.19. The fraction of sp³-hybridized carbons (Fsp3) is 0.500. The summed E-state index contributed by atoms with van der Waals surface area (Å²) in [6.07, 6.45) is 1.40. The molecule has 1 aromatic rings. The molecule has 1 aromatic carbocycles. The standard InChI is InChI=1S/C16H23NO4/c1-12(2)7-6-10-14(15(18)19)17-16(20)21-11-13-8-4-3-5-9-13/h3-5,8-9,12,14H,6-7,10-11H2,1-2H3,(H,17,20)(H,18,19). The second-order valence-corrected chi connectivity index (χ2v) is 5.42. The lowest BCUT2D eigenvalue weighted by Gasteiger charge is -2.15. The number of hydrogen-bond acceptors (Lipinski definition) is 3. The van der Waals surface area contributed by atoms with Crippen LogP contribution in [0.15, 0.2) is 30.3 Å². The Hall–Kier alpha value is -2.04. The van der Waals surface area contributed by atoms with Gasteiger partial charge in [-0.1, -0.05) is 57.0 Å². The van der Waals surface area contributed by atoms with E-state index in [2.05, 4.69) is 19.2 Å². The third kappa shape index (κ3) is 7.34. The molecule has 2 N–H and O–H groups in total. The fourth-order valence-corrected chi connectivity index (χ4v) is 1.89. The minimum absolute atomic E-state index is 0.130. The van der Waals surface area contributed by atoms with Gasteiger partial charge in [-0.25, -0.2) is 9.59 Å². The second-order valence-electron chi connectivity index (χ2n) is 5.42. The number of benzene rings is 1. The molecule has 5 heteroatoms. The molecule has 0 aliphatic heterocycles. The Kier molecular flexibility index (Phi) is 7.29. The van der Waals surface area contributed by atoms with Gasteiger partial charge in [-0.05, 0) is 17.9 Å². The Morgan fingerprint density at radius 3 is 2.43 bits per heavy atom. The number of rotatable bonds is 8. The molecule has 0 saturated heterocycles. The van der Waals surface area contributed by atoms with E-state index in [0.29, 0.717) is 12.3 Å². The van der Waals surface area contributed by atoms with E-state index in [1.807, 2.05) is 30.3 Å². The van der Waals surface area contributed by atoms with Crippen molar-refractivity contribution in [2.45, 2.75) is 45.8 Å². The number of carboxylic acid groups (broad SMARTS) is 1. The van der Waals surface area contributed by atoms with Crippen LogP contribution >= 0.6 is 0 Å². The number of aliphatic carboxylic acids is 1. The Labute approximate surface area is 125 Å². The van der Waals surface area contributed by atoms with E-state index in [0.717, 1.165) is 18.4 Å². The van der Waals surface area contributed by atoms with Crippen molar-refractivity contribution in [1.82, 2.24) is 5.32 Å². The molecule has 0 aromatic heterocycles. The topological polar surface area (TPSA) is 75.6 Å². The van der Waals surface area contributed by atoms with Crippen molar-refractivity contribution >= 4 is 12.1 Å². The molecule has 0 aliphatic rings. The van der Waals surface area contributed by atoms with Crippen LogP contribution in [0.25, 0.3) is 0 Å². The quantitative estimate of drug-likeness (QED) is 0.771. The molecule has 0 spiro atoms. The summed E-state index contributed by atoms with van der Waals surface area (Å²) in [5.74, 6) is -0.514. The average molecular weight is 293 g/mol. The first-order valence-corrected chi connectivity index (χ1v) is 7.19. The van der Waals surface area contributed by atoms with Gasteiger partial charge in [0.25, 0.3) is 0 Å². The summed E-state index contributed by atoms with van der Waals surface area (Å²) in [4.78, 5) is 22.7. The van der Waals surface area contributed by atoms with E-state index < -0.39 is 18.1 Å². The normalized spacial score (nSPS) is 12.0. The highest BCUT2D eigenvalue weighted by molar-refractivity contribution is 5.79. The average Bonchev–Trinajstić information content (AvgIpc) is 2.44. The Bertz CT molecular complexity index is 445. The molecule has 0 radical (unpaired) electrons. The predicted octanol–water partition coefficient (Wildman–Crippen LogP) is 3.19. The van der Waals surface area contributed by atoms with Crippen LogP contribution in [-0.2, 0) is 16.1 Å². The predicted molar refractivity (Wildman–Crippen MR) is 79.9 cm³/mol. The van der Waals surface area contributed by atoms with Crippen LogP contribution in [-0.4, -0.2) is 23.2 Å². The molecule has 1 unspecified atom stereocenters. The summed E-state index contributed by atoms with van der Waals surface area (Å²) in [6.45, 7) is 4.29. The molecular formula is C16H23NO4. The second kappa shape index (κ2) is 9.00. The van der Waals surface area contributed by atoms with Crippen molar-refractivity contribution in [2.75, 3.05) is 0 Å². The molecular weight excluding hydrogens is 270 g/mol. The van der Waals surface area contributed by atoms with Crippen LogP contribution in [0.1, 0.15) is 38.7 Å². The zero-order chi connectivity index (χ0) is 15.7. The SMILES string of the molecule is CC(C)CCCC(NC(=O)OCc1ccccc1)C(=O)O. The highest BCUT2D eigenvalue weighted by Crippen LogP contribution is 2.09. The molecule has 0 saturated carbocycles. The Morgan fingerprint density at radius 1 is 1.19 bits per heavy atom. The van der Waals surface area contributed by atoms with Crippen molar-refractivity contribution < 1.29 is 19.4 Å². The third-order valence-corrected chi connectivity index (χ3v) is 3.08. The van der Waals surface area contributed by atoms with Crippen molar-refractivity contribution in [1.29, 1.82) is 0 Å². The number of alkyl carbamates (subject to hydrolysis) is 1. The van der Waals surface area contributed by atoms with Gasteiger partial charge < -0.3 is 15.2 Å². The van der Waals surface area contributed by atoms with Gasteiger partial charge in [0.05, 0.1) is 0 Å². The van der Waals surface area contributed by atoms with Gasteiger partial charge in [0.1, 0.15) is 12.6 Å². The number of carbonyl (C=O) groups is 2. The molecule has 5 nitrogen and oxygen atoms in total. The summed E-state index contributed by atoms with van der Waals surface area (Å²) >= 11 is 0. The summed E-state index contributed by atoms with van der Waals surface area (Å²) in [6, 6.07) is 8.35. The molecule has 0 bridgehead atoms. The highest BCUT2D eigenvalue weighted by atomic mass is 16.5. The van der Waals surface area contributed by atoms with E-state index in [9.17, 15) is 9.59 Å². The van der Waals surface area contributed by atoms with Crippen LogP contribution in [0.3, 0.4) is 0 Å². The molecule has 1 rings (SSSR count). The number of ether oxygens (including phenoxy) is 1. The van der Waals surface area contributed by atoms with E-state index in [1.54, 1.807) is 0 Å². The van der Waals surface area contributed by atoms with Crippen molar-refractivity contribution in [2.24, 2.45) is 5.92 Å². The highest BCUT2D eigenvalue weighted by Gasteiger charge is 2.20. The minimum atomic E-state index is -1.03. The molecule has 0 aliphatic carbocycles. The number of nitrogens with one attached hydrogen (secondary N) is 1. The third-order valence-electron chi connectivity index (χ3n) is 3.08. The minimum Gasteiger partial charge on any atom is -0.480 e. The summed E-state index contributed by atoms with van der Waals surface area (Å²) in [5, 5.41) is 11.5. The van der Waals surface area contributed by atoms with Crippen LogP contribution < -0.4 is 5.32 Å². The lowest BCUT2D eigenvalue weighted by molar-refractivity contribution is -0.139. The zero-order valence-corrected chi connectivity index (χ0v) is 12.5. The van der Waals surface area contributed by atoms with Crippen molar-refractivity contribution in [3.63, 3.8) is 0 Å². The van der Waals surface area contributed by atoms with Crippen molar-refractivity contribution in [3.05, 3.63) is 35.9 Å². The maximum absolute atomic E-state index is 11.6. The molecule has 21 heavy (non-hydrogen) atoms. The van der Waals surface area contributed by atoms with Gasteiger partial charge >= 0.3 is 12.1 Å². The monoisotopic (exact) mass is 293 g/mol. The maximum Gasteiger partial charge on any atom is 0.408 e. The number of amides is 1. The van der Waals surface area contributed by atoms with E-state index >= 15 is 0 Å². The molecule has 1 amide bonds. The number of hydrogen-bond donors (Lipinski definition) is 2. The van der Waals surface area contributed by atoms with Gasteiger partial charge in [0, 0.05) is 0 Å². The van der Waals surface area contributed by atoms with E-state index in [4.69, 9.17) is 9.84 Å². The van der Waals surface area contributed by atoms with Crippen LogP contribution in [0.5, 0.6) is 0 Å². The first-order chi connectivity index (χ1) is 9.99. The molecule has 0 fully saturated rings. The van der Waals surface area contributed by atoms with Crippen LogP contribution in [0.4, 0.5) is 4.79 Å². The molecule has 0 heterocycles. The number of carbonyl (C=O) groups excluding carboxylic acids is 1. The summed E-state index contributed by atoms with van der Waals surface area (Å²) in [5.41, 5.74) is 0.860. The smallest absolute Gasteiger partial charge is 0.408 e. The molecule has 116 valence electrons. The Morgan fingerprint density at radius 2 is 1.86 bits per heavy atom. The summed E-state index contributed by atoms with van der Waals surface area (Å²) in [7, 11) is 0. The van der Waals surface area contributed by atoms with Crippen LogP contribution in [0, 0.1) is 5.92 Å². The number of carboxylic acids is 1. The fourth-order valence-electron chi connectivity index (χ4n) is 1.89. The first kappa shape index (κ1) is 17.0. The van der Waals surface area contributed by atoms with Crippen molar-refractivity contribution in [3.8, 4) is 0 Å². The van der Waals surface area contributed by atoms with E-state index in [1.165, 1.54) is 0 Å². The van der Waals surface area contributed by atoms with Gasteiger partial charge in [0.15, 0.2) is 0 Å². The van der Waals surface area contributed by atoms with Gasteiger partial charge in [-0.15, -0.1) is 0 Å². The largest absolute Gasteiger partial charge is 0.480 e. The summed E-state index contributed by atoms with van der Waals surface area (Å²) < 4.78 is 5.02.